The van der Waals surface area contributed by atoms with Crippen LogP contribution in [0, 0.1) is 0 Å². The van der Waals surface area contributed by atoms with Crippen molar-refractivity contribution in [1.29, 1.82) is 0 Å². The average Bonchev–Trinajstić information content (AvgIpc) is 2.86. The van der Waals surface area contributed by atoms with Gasteiger partial charge < -0.3 is 19.4 Å². The van der Waals surface area contributed by atoms with E-state index in [4.69, 9.17) is 21.1 Å². The largest absolute Gasteiger partial charge is 0.497 e. The molecule has 0 saturated carbocycles. The van der Waals surface area contributed by atoms with Crippen LogP contribution < -0.4 is 15.0 Å². The number of H-pyrrole nitrogens is 1. The van der Waals surface area contributed by atoms with Crippen molar-refractivity contribution in [3.8, 4) is 11.5 Å². The highest BCUT2D eigenvalue weighted by Gasteiger charge is 2.20. The number of amides is 1. The molecule has 4 aromatic rings. The third kappa shape index (κ3) is 5.38. The Hall–Kier alpha value is -3.84. The molecule has 0 atom stereocenters. The lowest BCUT2D eigenvalue weighted by atomic mass is 10.1. The number of hydrogen-bond acceptors (Lipinski definition) is 5. The number of benzene rings is 3. The highest BCUT2D eigenvalue weighted by molar-refractivity contribution is 6.30. The van der Waals surface area contributed by atoms with E-state index in [1.807, 2.05) is 30.3 Å². The van der Waals surface area contributed by atoms with Gasteiger partial charge in [0.2, 0.25) is 0 Å². The Morgan fingerprint density at radius 3 is 2.35 bits per heavy atom. The summed E-state index contributed by atoms with van der Waals surface area (Å²) in [6, 6.07) is 19.6. The van der Waals surface area contributed by atoms with Crippen LogP contribution in [0.5, 0.6) is 11.5 Å². The van der Waals surface area contributed by atoms with E-state index < -0.39 is 0 Å². The fourth-order valence-corrected chi connectivity index (χ4v) is 3.80. The van der Waals surface area contributed by atoms with Gasteiger partial charge in [-0.2, -0.15) is 0 Å². The molecule has 0 spiro atoms. The summed E-state index contributed by atoms with van der Waals surface area (Å²) in [5.74, 6) is 1.19. The minimum atomic E-state index is -0.242. The summed E-state index contributed by atoms with van der Waals surface area (Å²) in [4.78, 5) is 35.2. The van der Waals surface area contributed by atoms with E-state index in [0.29, 0.717) is 51.8 Å². The number of fused-ring (bicyclic) bond motifs is 1. The number of nitrogens with zero attached hydrogens (tertiary/aromatic N) is 2. The van der Waals surface area contributed by atoms with Gasteiger partial charge in [-0.15, -0.1) is 0 Å². The van der Waals surface area contributed by atoms with Crippen LogP contribution >= 0.6 is 11.6 Å². The molecule has 34 heavy (non-hydrogen) atoms. The van der Waals surface area contributed by atoms with Crippen LogP contribution in [-0.2, 0) is 13.0 Å². The van der Waals surface area contributed by atoms with Crippen LogP contribution in [0.15, 0.2) is 71.5 Å². The Morgan fingerprint density at radius 2 is 1.68 bits per heavy atom. The number of rotatable bonds is 8. The standard InChI is InChI=1S/C26H24ClN3O4/c1-33-20-13-18(14-21(15-20)34-2)26(32)30(12-11-17-7-9-19(27)10-8-17)16-24-28-23-6-4-3-5-22(23)25(31)29-24/h3-10,13-15H,11-12,16H2,1-2H3,(H,28,29,31). The molecule has 0 radical (unpaired) electrons. The highest BCUT2D eigenvalue weighted by Crippen LogP contribution is 2.24. The lowest BCUT2D eigenvalue weighted by molar-refractivity contribution is 0.0740. The molecule has 3 aromatic carbocycles. The summed E-state index contributed by atoms with van der Waals surface area (Å²) in [6.07, 6.45) is 0.599. The maximum atomic E-state index is 13.6. The molecule has 0 aliphatic heterocycles. The van der Waals surface area contributed by atoms with E-state index in [1.54, 1.807) is 41.3 Å². The maximum absolute atomic E-state index is 13.6. The smallest absolute Gasteiger partial charge is 0.258 e. The summed E-state index contributed by atoms with van der Waals surface area (Å²) in [5.41, 5.74) is 1.78. The first kappa shape index (κ1) is 23.3. The summed E-state index contributed by atoms with van der Waals surface area (Å²) in [6.45, 7) is 0.530. The molecular formula is C26H24ClN3O4. The van der Waals surface area contributed by atoms with Crippen molar-refractivity contribution < 1.29 is 14.3 Å². The van der Waals surface area contributed by atoms with E-state index in [2.05, 4.69) is 9.97 Å². The van der Waals surface area contributed by atoms with Crippen LogP contribution in [0.4, 0.5) is 0 Å². The third-order valence-corrected chi connectivity index (χ3v) is 5.72. The first-order chi connectivity index (χ1) is 16.5. The van der Waals surface area contributed by atoms with Crippen molar-refractivity contribution in [2.45, 2.75) is 13.0 Å². The zero-order valence-corrected chi connectivity index (χ0v) is 19.6. The van der Waals surface area contributed by atoms with E-state index in [0.717, 1.165) is 5.56 Å². The van der Waals surface area contributed by atoms with E-state index >= 15 is 0 Å². The molecule has 0 unspecified atom stereocenters. The second kappa shape index (κ2) is 10.4. The number of halogens is 1. The van der Waals surface area contributed by atoms with Gasteiger partial charge in [0, 0.05) is 23.2 Å². The van der Waals surface area contributed by atoms with Crippen molar-refractivity contribution in [3.63, 3.8) is 0 Å². The zero-order chi connectivity index (χ0) is 24.1. The number of hydrogen-bond donors (Lipinski definition) is 1. The van der Waals surface area contributed by atoms with Gasteiger partial charge in [-0.1, -0.05) is 35.9 Å². The van der Waals surface area contributed by atoms with E-state index in [1.165, 1.54) is 14.2 Å². The maximum Gasteiger partial charge on any atom is 0.258 e. The van der Waals surface area contributed by atoms with Crippen LogP contribution in [0.25, 0.3) is 10.9 Å². The molecule has 4 rings (SSSR count). The van der Waals surface area contributed by atoms with Gasteiger partial charge in [-0.05, 0) is 48.4 Å². The molecule has 0 aliphatic rings. The van der Waals surface area contributed by atoms with Crippen molar-refractivity contribution in [2.24, 2.45) is 0 Å². The molecule has 0 bridgehead atoms. The number of methoxy groups -OCH3 is 2. The second-order valence-corrected chi connectivity index (χ2v) is 8.17. The van der Waals surface area contributed by atoms with Gasteiger partial charge in [0.15, 0.2) is 0 Å². The summed E-state index contributed by atoms with van der Waals surface area (Å²) < 4.78 is 10.7. The Morgan fingerprint density at radius 1 is 1.00 bits per heavy atom. The Balaban J connectivity index is 1.67. The van der Waals surface area contributed by atoms with Crippen LogP contribution in [0.3, 0.4) is 0 Å². The number of ether oxygens (including phenoxy) is 2. The number of aromatic nitrogens is 2. The Labute approximate surface area is 201 Å². The predicted octanol–water partition coefficient (Wildman–Crippen LogP) is 4.48. The topological polar surface area (TPSA) is 84.5 Å². The van der Waals surface area contributed by atoms with Gasteiger partial charge >= 0.3 is 0 Å². The summed E-state index contributed by atoms with van der Waals surface area (Å²) >= 11 is 6.00. The van der Waals surface area contributed by atoms with Crippen LogP contribution in [-0.4, -0.2) is 41.5 Å². The molecule has 0 saturated heterocycles. The molecule has 7 nitrogen and oxygen atoms in total. The molecule has 8 heteroatoms. The molecule has 0 fully saturated rings. The number of para-hydroxylation sites is 1. The first-order valence-electron chi connectivity index (χ1n) is 10.7. The quantitative estimate of drug-likeness (QED) is 0.404. The SMILES string of the molecule is COc1cc(OC)cc(C(=O)N(CCc2ccc(Cl)cc2)Cc2nc3ccccc3c(=O)[nH]2)c1. The van der Waals surface area contributed by atoms with Gasteiger partial charge in [0.25, 0.3) is 11.5 Å². The third-order valence-electron chi connectivity index (χ3n) is 5.47. The van der Waals surface area contributed by atoms with E-state index in [9.17, 15) is 9.59 Å². The molecule has 1 aromatic heterocycles. The fraction of sp³-hybridized carbons (Fsp3) is 0.192. The summed E-state index contributed by atoms with van der Waals surface area (Å²) in [5, 5.41) is 1.15. The van der Waals surface area contributed by atoms with Crippen molar-refractivity contribution in [1.82, 2.24) is 14.9 Å². The fourth-order valence-electron chi connectivity index (χ4n) is 3.67. The number of carbonyl (C=O) groups excluding carboxylic acids is 1. The minimum Gasteiger partial charge on any atom is -0.497 e. The van der Waals surface area contributed by atoms with Crippen molar-refractivity contribution in [2.75, 3.05) is 20.8 Å². The molecule has 174 valence electrons. The molecule has 1 N–H and O–H groups in total. The van der Waals surface area contributed by atoms with Gasteiger partial charge in [-0.25, -0.2) is 4.98 Å². The number of nitrogens with one attached hydrogen (secondary N) is 1. The normalized spacial score (nSPS) is 10.8. The Kier molecular flexibility index (Phi) is 7.13. The molecular weight excluding hydrogens is 454 g/mol. The minimum absolute atomic E-state index is 0.131. The average molecular weight is 478 g/mol. The number of carbonyl (C=O) groups is 1. The molecule has 1 amide bonds. The highest BCUT2D eigenvalue weighted by atomic mass is 35.5. The summed E-state index contributed by atoms with van der Waals surface area (Å²) in [7, 11) is 3.07. The van der Waals surface area contributed by atoms with E-state index in [-0.39, 0.29) is 18.0 Å². The van der Waals surface area contributed by atoms with Crippen molar-refractivity contribution >= 4 is 28.4 Å². The lowest BCUT2D eigenvalue weighted by Crippen LogP contribution is -2.34. The Bertz CT molecular complexity index is 1350. The number of aromatic amines is 1. The monoisotopic (exact) mass is 477 g/mol. The van der Waals surface area contributed by atoms with Gasteiger partial charge in [0.05, 0.1) is 31.7 Å². The lowest BCUT2D eigenvalue weighted by Gasteiger charge is -2.23. The van der Waals surface area contributed by atoms with Gasteiger partial charge in [0.1, 0.15) is 17.3 Å². The van der Waals surface area contributed by atoms with Crippen LogP contribution in [0.1, 0.15) is 21.7 Å². The predicted molar refractivity (Wildman–Crippen MR) is 132 cm³/mol. The second-order valence-electron chi connectivity index (χ2n) is 7.73. The first-order valence-corrected chi connectivity index (χ1v) is 11.1. The zero-order valence-electron chi connectivity index (χ0n) is 18.9. The van der Waals surface area contributed by atoms with Gasteiger partial charge in [-0.3, -0.25) is 9.59 Å². The molecule has 0 aliphatic carbocycles. The van der Waals surface area contributed by atoms with Crippen LogP contribution in [0.2, 0.25) is 5.02 Å². The molecule has 1 heterocycles. The van der Waals surface area contributed by atoms with Crippen molar-refractivity contribution in [3.05, 3.63) is 99.1 Å².